The molecule has 0 aliphatic rings. The Hall–Kier alpha value is -1.66. The van der Waals surface area contributed by atoms with Gasteiger partial charge in [0, 0.05) is 12.8 Å². The van der Waals surface area contributed by atoms with Gasteiger partial charge in [0.15, 0.2) is 0 Å². The van der Waals surface area contributed by atoms with Crippen molar-refractivity contribution in [2.45, 2.75) is 431 Å². The lowest BCUT2D eigenvalue weighted by molar-refractivity contribution is -0.143. The molecule has 0 radical (unpaired) electrons. The number of hydrogen-bond donors (Lipinski definition) is 3. The van der Waals surface area contributed by atoms with E-state index in [-0.39, 0.29) is 18.5 Å². The summed E-state index contributed by atoms with van der Waals surface area (Å²) in [6.45, 7) is 5.00. The molecule has 0 bridgehead atoms. The van der Waals surface area contributed by atoms with Gasteiger partial charge in [0.25, 0.3) is 0 Å². The first-order valence-corrected chi connectivity index (χ1v) is 37.1. The Labute approximate surface area is 507 Å². The first-order valence-electron chi connectivity index (χ1n) is 37.1. The van der Waals surface area contributed by atoms with Crippen LogP contribution in [0.2, 0.25) is 0 Å². The fraction of sp³-hybridized carbons (Fsp3) is 0.920. The zero-order valence-corrected chi connectivity index (χ0v) is 55.0. The van der Waals surface area contributed by atoms with Crippen LogP contribution < -0.4 is 5.32 Å². The maximum Gasteiger partial charge on any atom is 0.305 e. The zero-order chi connectivity index (χ0) is 58.5. The van der Waals surface area contributed by atoms with Crippen LogP contribution in [0, 0.1) is 0 Å². The van der Waals surface area contributed by atoms with E-state index < -0.39 is 12.1 Å². The Kier molecular flexibility index (Phi) is 69.4. The second kappa shape index (κ2) is 70.8. The Morgan fingerprint density at radius 1 is 0.346 bits per heavy atom. The highest BCUT2D eigenvalue weighted by Gasteiger charge is 2.20. The summed E-state index contributed by atoms with van der Waals surface area (Å²) >= 11 is 0. The molecule has 0 saturated heterocycles. The van der Waals surface area contributed by atoms with Gasteiger partial charge >= 0.3 is 5.97 Å². The lowest BCUT2D eigenvalue weighted by Gasteiger charge is -2.22. The second-order valence-electron chi connectivity index (χ2n) is 25.6. The minimum Gasteiger partial charge on any atom is -0.466 e. The minimum absolute atomic E-state index is 0.0180. The Morgan fingerprint density at radius 2 is 0.617 bits per heavy atom. The standard InChI is InChI=1S/C75H145NO5/c1-3-5-7-9-11-13-15-17-19-36-41-45-49-53-57-61-65-69-75(80)81-70-66-62-58-54-50-46-42-38-35-33-31-29-27-25-23-21-22-24-26-28-30-32-34-37-40-44-48-52-56-60-64-68-74(79)76-72(71-77)73(78)67-63-59-55-51-47-43-39-20-18-16-14-12-10-8-6-4-2/h23,25,29,31,72-73,77-78H,3-22,24,26-28,30,32-71H2,1-2H3,(H,76,79)/b25-23-,31-29-. The van der Waals surface area contributed by atoms with E-state index in [1.165, 1.54) is 340 Å². The van der Waals surface area contributed by atoms with Crippen LogP contribution in [0.15, 0.2) is 24.3 Å². The highest BCUT2D eigenvalue weighted by molar-refractivity contribution is 5.76. The molecule has 1 amide bonds. The molecule has 0 spiro atoms. The smallest absolute Gasteiger partial charge is 0.305 e. The molecule has 0 rings (SSSR count). The molecule has 2 atom stereocenters. The molecule has 480 valence electrons. The normalized spacial score (nSPS) is 12.6. The van der Waals surface area contributed by atoms with Crippen LogP contribution in [0.5, 0.6) is 0 Å². The van der Waals surface area contributed by atoms with Crippen molar-refractivity contribution in [1.82, 2.24) is 5.32 Å². The third-order valence-corrected chi connectivity index (χ3v) is 17.5. The van der Waals surface area contributed by atoms with Crippen LogP contribution in [0.25, 0.3) is 0 Å². The summed E-state index contributed by atoms with van der Waals surface area (Å²) in [6.07, 6.45) is 89.6. The van der Waals surface area contributed by atoms with Crippen LogP contribution in [0.1, 0.15) is 418 Å². The number of nitrogens with one attached hydrogen (secondary N) is 1. The number of aliphatic hydroxyl groups is 2. The van der Waals surface area contributed by atoms with Gasteiger partial charge in [-0.3, -0.25) is 9.59 Å². The summed E-state index contributed by atoms with van der Waals surface area (Å²) in [6, 6.07) is -0.541. The fourth-order valence-corrected chi connectivity index (χ4v) is 11.9. The van der Waals surface area contributed by atoms with E-state index in [4.69, 9.17) is 4.74 Å². The van der Waals surface area contributed by atoms with E-state index in [1.54, 1.807) is 0 Å². The van der Waals surface area contributed by atoms with Crippen LogP contribution >= 0.6 is 0 Å². The van der Waals surface area contributed by atoms with Crippen LogP contribution in [-0.2, 0) is 14.3 Å². The summed E-state index contributed by atoms with van der Waals surface area (Å²) in [4.78, 5) is 24.6. The molecule has 0 aromatic heterocycles. The molecule has 0 saturated carbocycles. The highest BCUT2D eigenvalue weighted by Crippen LogP contribution is 2.19. The molecule has 0 heterocycles. The minimum atomic E-state index is -0.664. The number of unbranched alkanes of at least 4 members (excludes halogenated alkanes) is 55. The third-order valence-electron chi connectivity index (χ3n) is 17.5. The topological polar surface area (TPSA) is 95.9 Å². The number of esters is 1. The van der Waals surface area contributed by atoms with Crippen LogP contribution in [0.4, 0.5) is 0 Å². The Morgan fingerprint density at radius 3 is 0.938 bits per heavy atom. The number of allylic oxidation sites excluding steroid dienone is 4. The number of carbonyl (C=O) groups is 2. The molecule has 2 unspecified atom stereocenters. The summed E-state index contributed by atoms with van der Waals surface area (Å²) in [5.41, 5.74) is 0. The van der Waals surface area contributed by atoms with Gasteiger partial charge in [-0.1, -0.05) is 372 Å². The highest BCUT2D eigenvalue weighted by atomic mass is 16.5. The molecule has 3 N–H and O–H groups in total. The number of ether oxygens (including phenoxy) is 1. The van der Waals surface area contributed by atoms with Crippen LogP contribution in [0.3, 0.4) is 0 Å². The van der Waals surface area contributed by atoms with Gasteiger partial charge in [0.05, 0.1) is 25.4 Å². The molecular weight excluding hydrogens is 995 g/mol. The van der Waals surface area contributed by atoms with Gasteiger partial charge in [-0.25, -0.2) is 0 Å². The Bertz CT molecular complexity index is 1270. The summed E-state index contributed by atoms with van der Waals surface area (Å²) in [5, 5.41) is 23.4. The monoisotopic (exact) mass is 1140 g/mol. The second-order valence-corrected chi connectivity index (χ2v) is 25.6. The molecule has 0 aromatic rings. The number of hydrogen-bond acceptors (Lipinski definition) is 5. The van der Waals surface area contributed by atoms with Gasteiger partial charge in [-0.05, 0) is 57.8 Å². The average Bonchev–Trinajstić information content (AvgIpc) is 3.47. The van der Waals surface area contributed by atoms with Gasteiger partial charge in [-0.2, -0.15) is 0 Å². The third kappa shape index (κ3) is 67.3. The maximum absolute atomic E-state index is 12.5. The van der Waals surface area contributed by atoms with E-state index >= 15 is 0 Å². The van der Waals surface area contributed by atoms with Crippen molar-refractivity contribution < 1.29 is 24.5 Å². The van der Waals surface area contributed by atoms with Crippen molar-refractivity contribution in [3.63, 3.8) is 0 Å². The quantitative estimate of drug-likeness (QED) is 0.0320. The molecule has 0 aliphatic carbocycles. The summed E-state index contributed by atoms with van der Waals surface area (Å²) in [5.74, 6) is -0.0129. The molecule has 6 nitrogen and oxygen atoms in total. The first-order chi connectivity index (χ1) is 40.0. The number of aliphatic hydroxyl groups excluding tert-OH is 2. The van der Waals surface area contributed by atoms with Gasteiger partial charge in [0.1, 0.15) is 0 Å². The van der Waals surface area contributed by atoms with E-state index in [9.17, 15) is 19.8 Å². The van der Waals surface area contributed by atoms with Gasteiger partial charge < -0.3 is 20.3 Å². The summed E-state index contributed by atoms with van der Waals surface area (Å²) < 4.78 is 5.51. The van der Waals surface area contributed by atoms with Crippen molar-refractivity contribution >= 4 is 11.9 Å². The predicted octanol–water partition coefficient (Wildman–Crippen LogP) is 24.1. The number of carbonyl (C=O) groups excluding carboxylic acids is 2. The first kappa shape index (κ1) is 79.3. The summed E-state index contributed by atoms with van der Waals surface area (Å²) in [7, 11) is 0. The SMILES string of the molecule is CCCCCCCCCCCCCCCCCCCC(=O)OCCCCCCCCCCC/C=C\C/C=C\CCCCCCCCCCCCCCCCCC(=O)NC(CO)C(O)CCCCCCCCCCCCCCCCCC. The molecule has 0 aliphatic heterocycles. The average molecular weight is 1140 g/mol. The number of amides is 1. The van der Waals surface area contributed by atoms with Crippen molar-refractivity contribution in [3.05, 3.63) is 24.3 Å². The van der Waals surface area contributed by atoms with E-state index in [2.05, 4.69) is 43.5 Å². The molecule has 6 heteroatoms. The Balaban J connectivity index is 3.37. The van der Waals surface area contributed by atoms with E-state index in [0.717, 1.165) is 44.9 Å². The maximum atomic E-state index is 12.5. The molecule has 0 aromatic carbocycles. The van der Waals surface area contributed by atoms with Crippen molar-refractivity contribution in [1.29, 1.82) is 0 Å². The van der Waals surface area contributed by atoms with Crippen molar-refractivity contribution in [2.75, 3.05) is 13.2 Å². The molecule has 0 fully saturated rings. The van der Waals surface area contributed by atoms with Crippen molar-refractivity contribution in [3.8, 4) is 0 Å². The van der Waals surface area contributed by atoms with Gasteiger partial charge in [-0.15, -0.1) is 0 Å². The molecular formula is C75H145NO5. The largest absolute Gasteiger partial charge is 0.466 e. The predicted molar refractivity (Wildman–Crippen MR) is 356 cm³/mol. The lowest BCUT2D eigenvalue weighted by atomic mass is 10.0. The molecule has 81 heavy (non-hydrogen) atoms. The zero-order valence-electron chi connectivity index (χ0n) is 55.0. The fourth-order valence-electron chi connectivity index (χ4n) is 11.9. The van der Waals surface area contributed by atoms with E-state index in [0.29, 0.717) is 25.9 Å². The van der Waals surface area contributed by atoms with Crippen LogP contribution in [-0.4, -0.2) is 47.4 Å². The van der Waals surface area contributed by atoms with Crippen molar-refractivity contribution in [2.24, 2.45) is 0 Å². The van der Waals surface area contributed by atoms with Gasteiger partial charge in [0.2, 0.25) is 5.91 Å². The lowest BCUT2D eigenvalue weighted by Crippen LogP contribution is -2.45. The van der Waals surface area contributed by atoms with E-state index in [1.807, 2.05) is 0 Å². The number of rotatable bonds is 70.